The van der Waals surface area contributed by atoms with Gasteiger partial charge in [-0.25, -0.2) is 0 Å². The van der Waals surface area contributed by atoms with Gasteiger partial charge in [-0.05, 0) is 25.8 Å². The molecule has 16 heavy (non-hydrogen) atoms. The molecule has 0 N–H and O–H groups in total. The van der Waals surface area contributed by atoms with Crippen LogP contribution in [0.2, 0.25) is 0 Å². The third-order valence-corrected chi connectivity index (χ3v) is 4.01. The third kappa shape index (κ3) is 3.79. The number of hydrogen-bond acceptors (Lipinski definition) is 2. The molecular weight excluding hydrogens is 196 g/mol. The van der Waals surface area contributed by atoms with Crippen molar-refractivity contribution in [2.75, 3.05) is 13.6 Å². The molecule has 0 heterocycles. The zero-order valence-corrected chi connectivity index (χ0v) is 11.1. The van der Waals surface area contributed by atoms with Gasteiger partial charge < -0.3 is 4.90 Å². The summed E-state index contributed by atoms with van der Waals surface area (Å²) in [5.74, 6) is 1.00. The summed E-state index contributed by atoms with van der Waals surface area (Å²) >= 11 is 0. The Morgan fingerprint density at radius 2 is 2.00 bits per heavy atom. The Balaban J connectivity index is 2.56. The molecular formula is C14H26N2. The molecule has 1 aliphatic carbocycles. The molecule has 1 fully saturated rings. The lowest BCUT2D eigenvalue weighted by atomic mass is 9.94. The average Bonchev–Trinajstić information content (AvgIpc) is 2.53. The molecule has 0 radical (unpaired) electrons. The van der Waals surface area contributed by atoms with E-state index in [0.29, 0.717) is 6.04 Å². The SMILES string of the molecule is CCC(C)CN(C)C1CCCCCC1C#N. The summed E-state index contributed by atoms with van der Waals surface area (Å²) in [6.07, 6.45) is 7.40. The van der Waals surface area contributed by atoms with Crippen LogP contribution in [0.1, 0.15) is 52.4 Å². The highest BCUT2D eigenvalue weighted by Gasteiger charge is 2.27. The normalized spacial score (nSPS) is 28.4. The number of rotatable bonds is 4. The minimum atomic E-state index is 0.261. The molecule has 0 spiro atoms. The van der Waals surface area contributed by atoms with Crippen LogP contribution >= 0.6 is 0 Å². The molecule has 1 saturated carbocycles. The molecule has 0 amide bonds. The molecule has 2 nitrogen and oxygen atoms in total. The molecule has 0 bridgehead atoms. The molecule has 0 aliphatic heterocycles. The number of nitrogens with zero attached hydrogens (tertiary/aromatic N) is 2. The minimum absolute atomic E-state index is 0.261. The first kappa shape index (κ1) is 13.5. The molecule has 0 aromatic heterocycles. The van der Waals surface area contributed by atoms with Gasteiger partial charge in [-0.2, -0.15) is 5.26 Å². The molecule has 0 aromatic rings. The van der Waals surface area contributed by atoms with Gasteiger partial charge in [0.05, 0.1) is 12.0 Å². The van der Waals surface area contributed by atoms with Gasteiger partial charge in [0.15, 0.2) is 0 Å². The second-order valence-corrected chi connectivity index (χ2v) is 5.39. The summed E-state index contributed by atoms with van der Waals surface area (Å²) in [6, 6.07) is 3.03. The van der Waals surface area contributed by atoms with Crippen LogP contribution in [0, 0.1) is 23.2 Å². The summed E-state index contributed by atoms with van der Waals surface area (Å²) in [5, 5.41) is 9.25. The van der Waals surface area contributed by atoms with Crippen LogP contribution in [0.25, 0.3) is 0 Å². The van der Waals surface area contributed by atoms with E-state index >= 15 is 0 Å². The van der Waals surface area contributed by atoms with E-state index in [2.05, 4.69) is 31.9 Å². The quantitative estimate of drug-likeness (QED) is 0.681. The van der Waals surface area contributed by atoms with Gasteiger partial charge in [-0.1, -0.05) is 39.5 Å². The van der Waals surface area contributed by atoms with Gasteiger partial charge in [-0.3, -0.25) is 0 Å². The van der Waals surface area contributed by atoms with E-state index < -0.39 is 0 Å². The van der Waals surface area contributed by atoms with Gasteiger partial charge in [-0.15, -0.1) is 0 Å². The molecule has 1 aliphatic rings. The fourth-order valence-electron chi connectivity index (χ4n) is 2.72. The fourth-order valence-corrected chi connectivity index (χ4v) is 2.72. The second-order valence-electron chi connectivity index (χ2n) is 5.39. The number of hydrogen-bond donors (Lipinski definition) is 0. The van der Waals surface area contributed by atoms with Crippen LogP contribution in [-0.2, 0) is 0 Å². The maximum absolute atomic E-state index is 9.25. The highest BCUT2D eigenvalue weighted by molar-refractivity contribution is 4.94. The largest absolute Gasteiger partial charge is 0.302 e. The van der Waals surface area contributed by atoms with Crippen LogP contribution in [-0.4, -0.2) is 24.5 Å². The lowest BCUT2D eigenvalue weighted by Gasteiger charge is -2.32. The molecule has 92 valence electrons. The summed E-state index contributed by atoms with van der Waals surface area (Å²) < 4.78 is 0. The maximum Gasteiger partial charge on any atom is 0.0672 e. The van der Waals surface area contributed by atoms with Crippen LogP contribution in [0.4, 0.5) is 0 Å². The van der Waals surface area contributed by atoms with Gasteiger partial charge in [0.25, 0.3) is 0 Å². The van der Waals surface area contributed by atoms with Crippen molar-refractivity contribution in [1.29, 1.82) is 5.26 Å². The van der Waals surface area contributed by atoms with E-state index in [1.54, 1.807) is 0 Å². The Hall–Kier alpha value is -0.550. The second kappa shape index (κ2) is 6.91. The van der Waals surface area contributed by atoms with Gasteiger partial charge in [0.2, 0.25) is 0 Å². The molecule has 3 atom stereocenters. The van der Waals surface area contributed by atoms with Gasteiger partial charge >= 0.3 is 0 Å². The van der Waals surface area contributed by atoms with Crippen LogP contribution < -0.4 is 0 Å². The fraction of sp³-hybridized carbons (Fsp3) is 0.929. The van der Waals surface area contributed by atoms with E-state index in [1.165, 1.54) is 32.1 Å². The minimum Gasteiger partial charge on any atom is -0.302 e. The third-order valence-electron chi connectivity index (χ3n) is 4.01. The first-order valence-corrected chi connectivity index (χ1v) is 6.78. The Bertz CT molecular complexity index is 231. The molecule has 1 rings (SSSR count). The number of nitriles is 1. The highest BCUT2D eigenvalue weighted by Crippen LogP contribution is 2.27. The molecule has 2 heteroatoms. The lowest BCUT2D eigenvalue weighted by Crippen LogP contribution is -2.39. The lowest BCUT2D eigenvalue weighted by molar-refractivity contribution is 0.167. The van der Waals surface area contributed by atoms with Crippen molar-refractivity contribution in [2.24, 2.45) is 11.8 Å². The van der Waals surface area contributed by atoms with E-state index in [9.17, 15) is 5.26 Å². The zero-order valence-electron chi connectivity index (χ0n) is 11.1. The van der Waals surface area contributed by atoms with Crippen molar-refractivity contribution >= 4 is 0 Å². The van der Waals surface area contributed by atoms with E-state index in [1.807, 2.05) is 0 Å². The summed E-state index contributed by atoms with van der Waals surface area (Å²) in [7, 11) is 2.20. The average molecular weight is 222 g/mol. The smallest absolute Gasteiger partial charge is 0.0672 e. The van der Waals surface area contributed by atoms with Crippen molar-refractivity contribution in [3.05, 3.63) is 0 Å². The van der Waals surface area contributed by atoms with Crippen LogP contribution in [0.3, 0.4) is 0 Å². The Morgan fingerprint density at radius 1 is 1.31 bits per heavy atom. The predicted molar refractivity (Wildman–Crippen MR) is 68.1 cm³/mol. The van der Waals surface area contributed by atoms with E-state index in [4.69, 9.17) is 0 Å². The standard InChI is InChI=1S/C14H26N2/c1-4-12(2)11-16(3)14-9-7-5-6-8-13(14)10-15/h12-14H,4-9,11H2,1-3H3. The topological polar surface area (TPSA) is 27.0 Å². The molecule has 0 aromatic carbocycles. The predicted octanol–water partition coefficient (Wildman–Crippen LogP) is 3.44. The first-order chi connectivity index (χ1) is 7.69. The first-order valence-electron chi connectivity index (χ1n) is 6.78. The van der Waals surface area contributed by atoms with Crippen molar-refractivity contribution in [2.45, 2.75) is 58.4 Å². The Morgan fingerprint density at radius 3 is 2.62 bits per heavy atom. The Kier molecular flexibility index (Phi) is 5.84. The van der Waals surface area contributed by atoms with Crippen molar-refractivity contribution in [3.8, 4) is 6.07 Å². The molecule has 0 saturated heterocycles. The van der Waals surface area contributed by atoms with E-state index in [-0.39, 0.29) is 5.92 Å². The van der Waals surface area contributed by atoms with E-state index in [0.717, 1.165) is 18.9 Å². The van der Waals surface area contributed by atoms with Crippen LogP contribution in [0.5, 0.6) is 0 Å². The van der Waals surface area contributed by atoms with Crippen molar-refractivity contribution in [3.63, 3.8) is 0 Å². The van der Waals surface area contributed by atoms with Crippen molar-refractivity contribution < 1.29 is 0 Å². The highest BCUT2D eigenvalue weighted by atomic mass is 15.1. The van der Waals surface area contributed by atoms with Crippen molar-refractivity contribution in [1.82, 2.24) is 4.90 Å². The summed E-state index contributed by atoms with van der Waals surface area (Å²) in [4.78, 5) is 2.44. The Labute approximate surface area is 101 Å². The van der Waals surface area contributed by atoms with Crippen LogP contribution in [0.15, 0.2) is 0 Å². The zero-order chi connectivity index (χ0) is 12.0. The van der Waals surface area contributed by atoms with Gasteiger partial charge in [0, 0.05) is 12.6 Å². The molecule has 3 unspecified atom stereocenters. The summed E-state index contributed by atoms with van der Waals surface area (Å²) in [5.41, 5.74) is 0. The monoisotopic (exact) mass is 222 g/mol. The summed E-state index contributed by atoms with van der Waals surface area (Å²) in [6.45, 7) is 5.68. The van der Waals surface area contributed by atoms with Gasteiger partial charge in [0.1, 0.15) is 0 Å². The maximum atomic E-state index is 9.25.